The first-order valence-electron chi connectivity index (χ1n) is 8.38. The zero-order valence-corrected chi connectivity index (χ0v) is 14.1. The van der Waals surface area contributed by atoms with Crippen LogP contribution < -0.4 is 11.2 Å². The van der Waals surface area contributed by atoms with Crippen molar-refractivity contribution < 1.29 is 0 Å². The summed E-state index contributed by atoms with van der Waals surface area (Å²) < 4.78 is 0. The summed E-state index contributed by atoms with van der Waals surface area (Å²) in [7, 11) is 0. The molecule has 0 atom stereocenters. The van der Waals surface area contributed by atoms with Gasteiger partial charge >= 0.3 is 0 Å². The fourth-order valence-corrected chi connectivity index (χ4v) is 3.77. The van der Waals surface area contributed by atoms with Crippen LogP contribution in [-0.2, 0) is 11.8 Å². The Bertz CT molecular complexity index is 846. The van der Waals surface area contributed by atoms with Crippen molar-refractivity contribution in [1.82, 2.24) is 10.4 Å². The van der Waals surface area contributed by atoms with Gasteiger partial charge in [-0.1, -0.05) is 20.8 Å². The SMILES string of the molecule is CC(C)(C)c1cc2[nH]c3c(c2cc1N)CCCC1=CNN=C3C1. The molecular weight excluding hydrogens is 284 g/mol. The smallest absolute Gasteiger partial charge is 0.0885 e. The van der Waals surface area contributed by atoms with Gasteiger partial charge in [-0.25, -0.2) is 0 Å². The first-order valence-corrected chi connectivity index (χ1v) is 8.38. The number of nitrogen functional groups attached to an aromatic ring is 1. The minimum absolute atomic E-state index is 0.0392. The maximum Gasteiger partial charge on any atom is 0.0885 e. The highest BCUT2D eigenvalue weighted by atomic mass is 15.3. The normalized spacial score (nSPS) is 17.7. The number of benzene rings is 1. The fraction of sp³-hybridized carbons (Fsp3) is 0.421. The van der Waals surface area contributed by atoms with Crippen molar-refractivity contribution in [3.05, 3.63) is 40.7 Å². The molecule has 23 heavy (non-hydrogen) atoms. The monoisotopic (exact) mass is 308 g/mol. The Balaban J connectivity index is 1.93. The third-order valence-corrected chi connectivity index (χ3v) is 4.96. The molecule has 4 rings (SSSR count). The summed E-state index contributed by atoms with van der Waals surface area (Å²) in [6.07, 6.45) is 6.36. The number of H-pyrrole nitrogens is 1. The van der Waals surface area contributed by atoms with E-state index in [1.54, 1.807) is 0 Å². The number of hydrogen-bond donors (Lipinski definition) is 3. The molecular formula is C19H24N4. The first-order chi connectivity index (χ1) is 10.9. The van der Waals surface area contributed by atoms with E-state index < -0.39 is 0 Å². The molecule has 4 nitrogen and oxygen atoms in total. The van der Waals surface area contributed by atoms with Crippen LogP contribution in [0.5, 0.6) is 0 Å². The molecule has 0 saturated carbocycles. The average molecular weight is 308 g/mol. The number of rotatable bonds is 0. The largest absolute Gasteiger partial charge is 0.398 e. The van der Waals surface area contributed by atoms with Crippen LogP contribution in [0.1, 0.15) is 56.9 Å². The Hall–Kier alpha value is -2.23. The number of aromatic nitrogens is 1. The molecule has 2 aliphatic rings. The fourth-order valence-electron chi connectivity index (χ4n) is 3.77. The van der Waals surface area contributed by atoms with E-state index in [4.69, 9.17) is 5.73 Å². The van der Waals surface area contributed by atoms with Crippen molar-refractivity contribution in [3.8, 4) is 0 Å². The second kappa shape index (κ2) is 4.88. The number of nitrogens with one attached hydrogen (secondary N) is 2. The van der Waals surface area contributed by atoms with Crippen molar-refractivity contribution in [3.63, 3.8) is 0 Å². The van der Waals surface area contributed by atoms with E-state index in [1.165, 1.54) is 39.7 Å². The number of allylic oxidation sites excluding steroid dienone is 1. The molecule has 1 aliphatic carbocycles. The van der Waals surface area contributed by atoms with Gasteiger partial charge in [-0.15, -0.1) is 0 Å². The third-order valence-electron chi connectivity index (χ3n) is 4.96. The minimum Gasteiger partial charge on any atom is -0.398 e. The van der Waals surface area contributed by atoms with Gasteiger partial charge < -0.3 is 10.7 Å². The average Bonchev–Trinajstić information content (AvgIpc) is 2.82. The van der Waals surface area contributed by atoms with Gasteiger partial charge in [-0.3, -0.25) is 5.43 Å². The summed E-state index contributed by atoms with van der Waals surface area (Å²) in [5.74, 6) is 0. The quantitative estimate of drug-likeness (QED) is 0.645. The lowest BCUT2D eigenvalue weighted by Gasteiger charge is -2.21. The van der Waals surface area contributed by atoms with Crippen molar-refractivity contribution in [1.29, 1.82) is 0 Å². The first kappa shape index (κ1) is 14.4. The zero-order chi connectivity index (χ0) is 16.2. The maximum absolute atomic E-state index is 6.37. The minimum atomic E-state index is 0.0392. The predicted octanol–water partition coefficient (Wildman–Crippen LogP) is 3.97. The van der Waals surface area contributed by atoms with Crippen LogP contribution in [0.3, 0.4) is 0 Å². The van der Waals surface area contributed by atoms with Gasteiger partial charge in [0, 0.05) is 29.2 Å². The van der Waals surface area contributed by atoms with Gasteiger partial charge in [-0.05, 0) is 53.5 Å². The number of hydrogen-bond acceptors (Lipinski definition) is 3. The molecule has 0 fully saturated rings. The lowest BCUT2D eigenvalue weighted by molar-refractivity contribution is 0.593. The topological polar surface area (TPSA) is 66.2 Å². The Kier molecular flexibility index (Phi) is 3.05. The predicted molar refractivity (Wildman–Crippen MR) is 96.7 cm³/mol. The van der Waals surface area contributed by atoms with Crippen molar-refractivity contribution in [2.75, 3.05) is 5.73 Å². The van der Waals surface area contributed by atoms with Crippen LogP contribution in [0, 0.1) is 0 Å². The van der Waals surface area contributed by atoms with Gasteiger partial charge in [0.1, 0.15) is 0 Å². The van der Waals surface area contributed by atoms with Gasteiger partial charge in [0.05, 0.1) is 11.4 Å². The van der Waals surface area contributed by atoms with E-state index >= 15 is 0 Å². The summed E-state index contributed by atoms with van der Waals surface area (Å²) in [6.45, 7) is 6.61. The van der Waals surface area contributed by atoms with Crippen LogP contribution in [0.25, 0.3) is 10.9 Å². The van der Waals surface area contributed by atoms with Gasteiger partial charge in [0.2, 0.25) is 0 Å². The molecule has 2 heterocycles. The molecule has 4 heteroatoms. The number of aromatic amines is 1. The maximum atomic E-state index is 6.37. The standard InChI is InChI=1S/C19H24N4/c1-19(2,3)14-9-16-13(8-15(14)20)12-6-4-5-11-7-17(18(12)22-16)23-21-10-11/h8-10,21-22H,4-7,20H2,1-3H3. The molecule has 0 unspecified atom stereocenters. The highest BCUT2D eigenvalue weighted by Crippen LogP contribution is 2.36. The van der Waals surface area contributed by atoms with Crippen LogP contribution in [0.4, 0.5) is 5.69 Å². The zero-order valence-electron chi connectivity index (χ0n) is 14.1. The van der Waals surface area contributed by atoms with Crippen LogP contribution in [0.15, 0.2) is 29.0 Å². The number of nitrogens with zero attached hydrogens (tertiary/aromatic N) is 1. The van der Waals surface area contributed by atoms with Gasteiger partial charge in [-0.2, -0.15) is 5.10 Å². The van der Waals surface area contributed by atoms with E-state index in [2.05, 4.69) is 48.4 Å². The lowest BCUT2D eigenvalue weighted by atomic mass is 9.85. The van der Waals surface area contributed by atoms with E-state index in [0.29, 0.717) is 0 Å². The summed E-state index contributed by atoms with van der Waals surface area (Å²) in [6, 6.07) is 4.38. The van der Waals surface area contributed by atoms with E-state index in [9.17, 15) is 0 Å². The second-order valence-corrected chi connectivity index (χ2v) is 7.73. The van der Waals surface area contributed by atoms with Crippen molar-refractivity contribution >= 4 is 22.3 Å². The highest BCUT2D eigenvalue weighted by molar-refractivity contribution is 6.07. The Morgan fingerprint density at radius 2 is 2.00 bits per heavy atom. The van der Waals surface area contributed by atoms with Gasteiger partial charge in [0.15, 0.2) is 0 Å². The third kappa shape index (κ3) is 2.33. The summed E-state index contributed by atoms with van der Waals surface area (Å²) >= 11 is 0. The molecule has 0 spiro atoms. The summed E-state index contributed by atoms with van der Waals surface area (Å²) in [5, 5.41) is 5.76. The second-order valence-electron chi connectivity index (χ2n) is 7.73. The van der Waals surface area contributed by atoms with E-state index in [-0.39, 0.29) is 5.41 Å². The molecule has 4 N–H and O–H groups in total. The molecule has 0 radical (unpaired) electrons. The number of anilines is 1. The molecule has 1 aromatic heterocycles. The summed E-state index contributed by atoms with van der Waals surface area (Å²) in [5.41, 5.74) is 17.8. The summed E-state index contributed by atoms with van der Waals surface area (Å²) in [4.78, 5) is 3.63. The number of nitrogens with two attached hydrogens (primary N) is 1. The van der Waals surface area contributed by atoms with Crippen molar-refractivity contribution in [2.45, 2.75) is 51.9 Å². The molecule has 2 aromatic rings. The van der Waals surface area contributed by atoms with Crippen LogP contribution >= 0.6 is 0 Å². The Morgan fingerprint density at radius 3 is 2.78 bits per heavy atom. The van der Waals surface area contributed by atoms with Crippen LogP contribution in [0.2, 0.25) is 0 Å². The molecule has 2 bridgehead atoms. The molecule has 1 aliphatic heterocycles. The Morgan fingerprint density at radius 1 is 1.17 bits per heavy atom. The number of hydrazone groups is 1. The van der Waals surface area contributed by atoms with E-state index in [1.807, 2.05) is 6.20 Å². The molecule has 0 saturated heterocycles. The lowest BCUT2D eigenvalue weighted by Crippen LogP contribution is -2.18. The Labute approximate surface area is 136 Å². The molecule has 0 amide bonds. The van der Waals surface area contributed by atoms with Crippen molar-refractivity contribution in [2.24, 2.45) is 5.10 Å². The molecule has 1 aromatic carbocycles. The number of aryl methyl sites for hydroxylation is 1. The van der Waals surface area contributed by atoms with E-state index in [0.717, 1.165) is 30.7 Å². The highest BCUT2D eigenvalue weighted by Gasteiger charge is 2.24. The van der Waals surface area contributed by atoms with Gasteiger partial charge in [0.25, 0.3) is 0 Å². The number of fused-ring (bicyclic) bond motifs is 6. The van der Waals surface area contributed by atoms with Crippen LogP contribution in [-0.4, -0.2) is 10.7 Å². The molecule has 120 valence electrons.